The van der Waals surface area contributed by atoms with Crippen LogP contribution in [0.15, 0.2) is 24.3 Å². The van der Waals surface area contributed by atoms with E-state index >= 15 is 0 Å². The van der Waals surface area contributed by atoms with Gasteiger partial charge in [-0.3, -0.25) is 14.0 Å². The van der Waals surface area contributed by atoms with Gasteiger partial charge in [0.1, 0.15) is 5.75 Å². The molecule has 1 amide bonds. The van der Waals surface area contributed by atoms with Crippen LogP contribution in [0.4, 0.5) is 0 Å². The smallest absolute Gasteiger partial charge is 0.255 e. The maximum atomic E-state index is 12.9. The van der Waals surface area contributed by atoms with Crippen molar-refractivity contribution in [1.29, 1.82) is 0 Å². The van der Waals surface area contributed by atoms with Gasteiger partial charge in [-0.15, -0.1) is 0 Å². The highest BCUT2D eigenvalue weighted by Gasteiger charge is 2.24. The van der Waals surface area contributed by atoms with Crippen molar-refractivity contribution in [3.63, 3.8) is 0 Å². The van der Waals surface area contributed by atoms with Crippen molar-refractivity contribution >= 4 is 27.6 Å². The van der Waals surface area contributed by atoms with Crippen LogP contribution in [0.3, 0.4) is 0 Å². The lowest BCUT2D eigenvalue weighted by Crippen LogP contribution is -2.34. The summed E-state index contributed by atoms with van der Waals surface area (Å²) in [6.45, 7) is 5.02. The van der Waals surface area contributed by atoms with E-state index in [0.717, 1.165) is 23.1 Å². The first-order valence-electron chi connectivity index (χ1n) is 8.11. The minimum Gasteiger partial charge on any atom is -0.497 e. The number of ether oxygens (including phenoxy) is 1. The average Bonchev–Trinajstić information content (AvgIpc) is 2.75. The van der Waals surface area contributed by atoms with Gasteiger partial charge in [0.25, 0.3) is 5.91 Å². The van der Waals surface area contributed by atoms with Gasteiger partial charge < -0.3 is 9.64 Å². The van der Waals surface area contributed by atoms with Crippen LogP contribution in [-0.2, 0) is 10.8 Å². The average molecular weight is 346 g/mol. The van der Waals surface area contributed by atoms with Gasteiger partial charge in [-0.25, -0.2) is 0 Å². The van der Waals surface area contributed by atoms with Gasteiger partial charge in [-0.2, -0.15) is 0 Å². The third-order valence-corrected chi connectivity index (χ3v) is 6.27. The molecule has 0 radical (unpaired) electrons. The van der Waals surface area contributed by atoms with Crippen LogP contribution in [0.5, 0.6) is 5.75 Å². The molecule has 1 aromatic heterocycles. The molecular weight excluding hydrogens is 324 g/mol. The lowest BCUT2D eigenvalue weighted by atomic mass is 10.1. The van der Waals surface area contributed by atoms with E-state index in [1.807, 2.05) is 38.1 Å². The van der Waals surface area contributed by atoms with Crippen LogP contribution >= 0.6 is 0 Å². The fraction of sp³-hybridized carbons (Fsp3) is 0.444. The van der Waals surface area contributed by atoms with Crippen molar-refractivity contribution in [3.05, 3.63) is 35.5 Å². The zero-order valence-electron chi connectivity index (χ0n) is 14.2. The summed E-state index contributed by atoms with van der Waals surface area (Å²) < 4.78 is 17.2. The molecule has 2 aromatic rings. The minimum absolute atomic E-state index is 0.0242. The fourth-order valence-corrected chi connectivity index (χ4v) is 4.11. The van der Waals surface area contributed by atoms with Gasteiger partial charge in [0.2, 0.25) is 0 Å². The number of methoxy groups -OCH3 is 1. The molecule has 24 heavy (non-hydrogen) atoms. The van der Waals surface area contributed by atoms with E-state index in [1.54, 1.807) is 12.0 Å². The maximum absolute atomic E-state index is 12.9. The predicted octanol–water partition coefficient (Wildman–Crippen LogP) is 2.53. The number of rotatable bonds is 2. The molecule has 1 aliphatic heterocycles. The number of hydrogen-bond acceptors (Lipinski definition) is 4. The fourth-order valence-electron chi connectivity index (χ4n) is 2.94. The van der Waals surface area contributed by atoms with Crippen LogP contribution in [0.25, 0.3) is 10.9 Å². The number of carbonyl (C=O) groups excluding carboxylic acids is 1. The lowest BCUT2D eigenvalue weighted by molar-refractivity contribution is 0.0766. The molecule has 6 heteroatoms. The zero-order chi connectivity index (χ0) is 17.3. The van der Waals surface area contributed by atoms with Crippen molar-refractivity contribution < 1.29 is 13.7 Å². The lowest BCUT2D eigenvalue weighted by Gasteiger charge is -2.21. The van der Waals surface area contributed by atoms with Gasteiger partial charge in [0, 0.05) is 46.3 Å². The van der Waals surface area contributed by atoms with E-state index < -0.39 is 10.8 Å². The molecule has 5 nitrogen and oxygen atoms in total. The first-order chi connectivity index (χ1) is 11.5. The largest absolute Gasteiger partial charge is 0.497 e. The summed E-state index contributed by atoms with van der Waals surface area (Å²) in [4.78, 5) is 19.3. The molecule has 0 spiro atoms. The van der Waals surface area contributed by atoms with E-state index in [1.165, 1.54) is 0 Å². The van der Waals surface area contributed by atoms with Crippen molar-refractivity contribution in [3.8, 4) is 5.75 Å². The summed E-state index contributed by atoms with van der Waals surface area (Å²) in [5, 5.41) is 1.06. The number of nitrogens with zero attached hydrogens (tertiary/aromatic N) is 2. The molecule has 1 fully saturated rings. The summed E-state index contributed by atoms with van der Waals surface area (Å²) in [5.74, 6) is 1.27. The second-order valence-electron chi connectivity index (χ2n) is 6.16. The summed E-state index contributed by atoms with van der Waals surface area (Å²) >= 11 is 0. The topological polar surface area (TPSA) is 59.5 Å². The first kappa shape index (κ1) is 16.9. The van der Waals surface area contributed by atoms with Gasteiger partial charge >= 0.3 is 0 Å². The van der Waals surface area contributed by atoms with Crippen molar-refractivity contribution in [2.45, 2.75) is 25.5 Å². The van der Waals surface area contributed by atoms with E-state index in [4.69, 9.17) is 4.74 Å². The van der Waals surface area contributed by atoms with Crippen LogP contribution in [0, 0.1) is 6.92 Å². The van der Waals surface area contributed by atoms with Crippen LogP contribution < -0.4 is 4.74 Å². The molecule has 0 bridgehead atoms. The monoisotopic (exact) mass is 346 g/mol. The van der Waals surface area contributed by atoms with Gasteiger partial charge in [0.05, 0.1) is 23.9 Å². The second-order valence-corrected chi connectivity index (χ2v) is 8.13. The molecule has 128 valence electrons. The van der Waals surface area contributed by atoms with Crippen molar-refractivity contribution in [2.75, 3.05) is 26.0 Å². The number of aryl methyl sites for hydroxylation is 1. The Morgan fingerprint density at radius 3 is 2.88 bits per heavy atom. The molecule has 2 atom stereocenters. The number of benzene rings is 1. The third-order valence-electron chi connectivity index (χ3n) is 4.55. The first-order valence-corrected chi connectivity index (χ1v) is 9.49. The summed E-state index contributed by atoms with van der Waals surface area (Å²) in [5.41, 5.74) is 2.14. The summed E-state index contributed by atoms with van der Waals surface area (Å²) in [7, 11) is 0.770. The Balaban J connectivity index is 1.92. The number of carbonyl (C=O) groups is 1. The quantitative estimate of drug-likeness (QED) is 0.838. The Bertz CT molecular complexity index is 806. The molecule has 1 aliphatic rings. The Kier molecular flexibility index (Phi) is 4.85. The second kappa shape index (κ2) is 6.89. The third kappa shape index (κ3) is 3.29. The van der Waals surface area contributed by atoms with Crippen LogP contribution in [0.2, 0.25) is 0 Å². The highest BCUT2D eigenvalue weighted by molar-refractivity contribution is 7.85. The van der Waals surface area contributed by atoms with E-state index in [9.17, 15) is 9.00 Å². The highest BCUT2D eigenvalue weighted by atomic mass is 32.2. The standard InChI is InChI=1S/C18H22N2O3S/c1-12-6-7-20(8-9-24(12)22)18(21)16-10-14-4-5-15(23-3)11-17(14)19-13(16)2/h4-5,10-12H,6-9H2,1-3H3/t12-,24-/m0/s1. The van der Waals surface area contributed by atoms with Gasteiger partial charge in [-0.1, -0.05) is 6.92 Å². The number of fused-ring (bicyclic) bond motifs is 1. The Hall–Kier alpha value is -1.95. The molecule has 1 saturated heterocycles. The molecule has 0 unspecified atom stereocenters. The SMILES string of the molecule is COc1ccc2cc(C(=O)N3CC[C@H](C)[S@@](=O)CC3)c(C)nc2c1. The Morgan fingerprint density at radius 1 is 1.33 bits per heavy atom. The number of pyridine rings is 1. The van der Waals surface area contributed by atoms with E-state index in [0.29, 0.717) is 30.1 Å². The van der Waals surface area contributed by atoms with Crippen molar-refractivity contribution in [2.24, 2.45) is 0 Å². The molecule has 0 saturated carbocycles. The number of aromatic nitrogens is 1. The Morgan fingerprint density at radius 2 is 2.12 bits per heavy atom. The summed E-state index contributed by atoms with van der Waals surface area (Å²) in [6.07, 6.45) is 0.773. The number of hydrogen-bond donors (Lipinski definition) is 0. The molecular formula is C18H22N2O3S. The molecule has 0 N–H and O–H groups in total. The van der Waals surface area contributed by atoms with Gasteiger partial charge in [-0.05, 0) is 31.5 Å². The number of amides is 1. The highest BCUT2D eigenvalue weighted by Crippen LogP contribution is 2.23. The van der Waals surface area contributed by atoms with E-state index in [2.05, 4.69) is 4.98 Å². The van der Waals surface area contributed by atoms with Crippen molar-refractivity contribution in [1.82, 2.24) is 9.88 Å². The Labute approximate surface area is 144 Å². The molecule has 2 heterocycles. The normalized spacial score (nSPS) is 21.5. The molecule has 1 aromatic carbocycles. The molecule has 0 aliphatic carbocycles. The maximum Gasteiger partial charge on any atom is 0.255 e. The van der Waals surface area contributed by atoms with Crippen LogP contribution in [-0.4, -0.2) is 51.2 Å². The van der Waals surface area contributed by atoms with Crippen LogP contribution in [0.1, 0.15) is 29.4 Å². The van der Waals surface area contributed by atoms with Gasteiger partial charge in [0.15, 0.2) is 0 Å². The van der Waals surface area contributed by atoms with E-state index in [-0.39, 0.29) is 11.2 Å². The summed E-state index contributed by atoms with van der Waals surface area (Å²) in [6, 6.07) is 7.54. The minimum atomic E-state index is -0.851. The molecule has 3 rings (SSSR count). The predicted molar refractivity (Wildman–Crippen MR) is 96.0 cm³/mol. The zero-order valence-corrected chi connectivity index (χ0v) is 15.1.